The number of methoxy groups -OCH3 is 2. The lowest BCUT2D eigenvalue weighted by Gasteiger charge is -2.30. The Bertz CT molecular complexity index is 671. The molecule has 1 aromatic rings. The van der Waals surface area contributed by atoms with Gasteiger partial charge in [0, 0.05) is 12.7 Å². The third-order valence-electron chi connectivity index (χ3n) is 3.54. The molecule has 0 aliphatic carbocycles. The molecule has 0 aromatic heterocycles. The molecular formula is C15H16F2N2O3. The average molecular weight is 310 g/mol. The lowest BCUT2D eigenvalue weighted by Crippen LogP contribution is -2.34. The summed E-state index contributed by atoms with van der Waals surface area (Å²) in [7, 11) is 4.37. The van der Waals surface area contributed by atoms with E-state index in [1.54, 1.807) is 18.9 Å². The molecule has 1 atom stereocenters. The third kappa shape index (κ3) is 2.66. The highest BCUT2D eigenvalue weighted by molar-refractivity contribution is 5.94. The second kappa shape index (κ2) is 6.13. The van der Waals surface area contributed by atoms with Gasteiger partial charge in [-0.1, -0.05) is 6.07 Å². The van der Waals surface area contributed by atoms with E-state index in [2.05, 4.69) is 4.99 Å². The number of allylic oxidation sites excluding steroid dienone is 1. The van der Waals surface area contributed by atoms with Crippen molar-refractivity contribution in [3.63, 3.8) is 0 Å². The van der Waals surface area contributed by atoms with Gasteiger partial charge in [-0.05, 0) is 24.6 Å². The van der Waals surface area contributed by atoms with Crippen LogP contribution in [0.2, 0.25) is 0 Å². The molecule has 0 saturated heterocycles. The van der Waals surface area contributed by atoms with Crippen LogP contribution in [0.4, 0.5) is 8.78 Å². The first-order valence-corrected chi connectivity index (χ1v) is 6.50. The van der Waals surface area contributed by atoms with Crippen molar-refractivity contribution in [2.45, 2.75) is 13.0 Å². The third-order valence-corrected chi connectivity index (χ3v) is 3.54. The van der Waals surface area contributed by atoms with E-state index in [4.69, 9.17) is 9.47 Å². The summed E-state index contributed by atoms with van der Waals surface area (Å²) in [5.41, 5.74) is 1.14. The average Bonchev–Trinajstić information content (AvgIpc) is 2.51. The molecule has 0 spiro atoms. The Hall–Kier alpha value is -2.44. The summed E-state index contributed by atoms with van der Waals surface area (Å²) in [4.78, 5) is 18.0. The summed E-state index contributed by atoms with van der Waals surface area (Å²) in [5, 5.41) is 0. The maximum atomic E-state index is 13.5. The molecule has 0 fully saturated rings. The Balaban J connectivity index is 2.59. The molecular weight excluding hydrogens is 294 g/mol. The number of hydrogen-bond donors (Lipinski definition) is 0. The minimum atomic E-state index is -1.01. The van der Waals surface area contributed by atoms with Crippen molar-refractivity contribution in [1.29, 1.82) is 0 Å². The Morgan fingerprint density at radius 3 is 2.50 bits per heavy atom. The number of carbonyl (C=O) groups excluding carboxylic acids is 1. The molecule has 2 rings (SSSR count). The monoisotopic (exact) mass is 310 g/mol. The Labute approximate surface area is 126 Å². The Morgan fingerprint density at radius 1 is 1.27 bits per heavy atom. The van der Waals surface area contributed by atoms with E-state index in [0.717, 1.165) is 12.1 Å². The molecule has 1 aliphatic heterocycles. The highest BCUT2D eigenvalue weighted by Gasteiger charge is 2.33. The first-order valence-electron chi connectivity index (χ1n) is 6.50. The van der Waals surface area contributed by atoms with Crippen LogP contribution in [0.5, 0.6) is 0 Å². The first kappa shape index (κ1) is 15.9. The molecule has 22 heavy (non-hydrogen) atoms. The number of aliphatic imine (C=N–C) groups is 1. The molecule has 118 valence electrons. The van der Waals surface area contributed by atoms with Gasteiger partial charge in [0.05, 0.1) is 19.8 Å². The second-order valence-electron chi connectivity index (χ2n) is 4.74. The van der Waals surface area contributed by atoms with Crippen molar-refractivity contribution in [3.8, 4) is 0 Å². The van der Waals surface area contributed by atoms with Crippen molar-refractivity contribution in [3.05, 3.63) is 46.7 Å². The number of benzene rings is 1. The summed E-state index contributed by atoms with van der Waals surface area (Å²) in [6.07, 6.45) is 0. The summed E-state index contributed by atoms with van der Waals surface area (Å²) < 4.78 is 36.6. The molecule has 0 unspecified atom stereocenters. The summed E-state index contributed by atoms with van der Waals surface area (Å²) in [6.45, 7) is 1.70. The van der Waals surface area contributed by atoms with Gasteiger partial charge in [0.2, 0.25) is 0 Å². The molecule has 0 bridgehead atoms. The normalized spacial score (nSPS) is 18.2. The smallest absolute Gasteiger partial charge is 0.338 e. The molecule has 0 radical (unpaired) electrons. The summed E-state index contributed by atoms with van der Waals surface area (Å²) in [5.74, 6) is -2.56. The number of ether oxygens (including phenoxy) is 2. The van der Waals surface area contributed by atoms with Crippen LogP contribution < -0.4 is 0 Å². The van der Waals surface area contributed by atoms with E-state index >= 15 is 0 Å². The predicted molar refractivity (Wildman–Crippen MR) is 76.0 cm³/mol. The molecule has 1 aromatic carbocycles. The maximum Gasteiger partial charge on any atom is 0.338 e. The number of esters is 1. The Morgan fingerprint density at radius 2 is 1.95 bits per heavy atom. The number of halogens is 2. The van der Waals surface area contributed by atoms with Crippen LogP contribution in [0.25, 0.3) is 0 Å². The zero-order chi connectivity index (χ0) is 16.4. The number of amidine groups is 1. The zero-order valence-corrected chi connectivity index (χ0v) is 12.7. The van der Waals surface area contributed by atoms with Crippen molar-refractivity contribution >= 4 is 12.0 Å². The van der Waals surface area contributed by atoms with Crippen LogP contribution in [0.3, 0.4) is 0 Å². The number of hydrogen-bond acceptors (Lipinski definition) is 5. The van der Waals surface area contributed by atoms with Crippen LogP contribution in [-0.2, 0) is 14.3 Å². The largest absolute Gasteiger partial charge is 0.468 e. The molecule has 7 heteroatoms. The van der Waals surface area contributed by atoms with Crippen LogP contribution in [0.1, 0.15) is 18.5 Å². The van der Waals surface area contributed by atoms with Crippen molar-refractivity contribution in [2.24, 2.45) is 4.99 Å². The second-order valence-corrected chi connectivity index (χ2v) is 4.74. The lowest BCUT2D eigenvalue weighted by molar-refractivity contribution is -0.136. The first-order chi connectivity index (χ1) is 10.4. The van der Waals surface area contributed by atoms with Crippen molar-refractivity contribution < 1.29 is 23.0 Å². The van der Waals surface area contributed by atoms with Gasteiger partial charge < -0.3 is 14.4 Å². The minimum absolute atomic E-state index is 0.247. The van der Waals surface area contributed by atoms with E-state index < -0.39 is 23.6 Å². The van der Waals surface area contributed by atoms with Crippen LogP contribution in [-0.4, -0.2) is 38.2 Å². The molecule has 1 aliphatic rings. The van der Waals surface area contributed by atoms with Gasteiger partial charge >= 0.3 is 5.97 Å². The highest BCUT2D eigenvalue weighted by Crippen LogP contribution is 2.34. The number of rotatable bonds is 2. The van der Waals surface area contributed by atoms with Gasteiger partial charge in [-0.3, -0.25) is 0 Å². The molecule has 1 heterocycles. The van der Waals surface area contributed by atoms with Gasteiger partial charge in [-0.15, -0.1) is 0 Å². The zero-order valence-electron chi connectivity index (χ0n) is 12.7. The van der Waals surface area contributed by atoms with E-state index in [1.165, 1.54) is 20.3 Å². The minimum Gasteiger partial charge on any atom is -0.468 e. The SMILES string of the molecule is COC(=O)C1=C(C)N(C)C(OC)=N[C@@H]1c1ccc(F)c(F)c1. The predicted octanol–water partition coefficient (Wildman–Crippen LogP) is 2.40. The lowest BCUT2D eigenvalue weighted by atomic mass is 9.96. The van der Waals surface area contributed by atoms with E-state index in [-0.39, 0.29) is 11.6 Å². The molecule has 0 N–H and O–H groups in total. The molecule has 0 saturated carbocycles. The fourth-order valence-corrected chi connectivity index (χ4v) is 2.27. The number of nitrogens with zero attached hydrogens (tertiary/aromatic N) is 2. The van der Waals surface area contributed by atoms with Crippen LogP contribution >= 0.6 is 0 Å². The topological polar surface area (TPSA) is 51.1 Å². The standard InChI is InChI=1S/C15H16F2N2O3/c1-8-12(14(20)21-3)13(18-15(22-4)19(8)2)9-5-6-10(16)11(17)7-9/h5-7,13H,1-4H3/t13-/m1/s1. The van der Waals surface area contributed by atoms with Gasteiger partial charge in [-0.25, -0.2) is 18.6 Å². The Kier molecular flexibility index (Phi) is 4.44. The van der Waals surface area contributed by atoms with Gasteiger partial charge in [-0.2, -0.15) is 0 Å². The van der Waals surface area contributed by atoms with Crippen molar-refractivity contribution in [1.82, 2.24) is 4.90 Å². The van der Waals surface area contributed by atoms with Gasteiger partial charge in [0.1, 0.15) is 6.04 Å². The van der Waals surface area contributed by atoms with E-state index in [0.29, 0.717) is 11.3 Å². The summed E-state index contributed by atoms with van der Waals surface area (Å²) >= 11 is 0. The van der Waals surface area contributed by atoms with E-state index in [1.807, 2.05) is 0 Å². The fraction of sp³-hybridized carbons (Fsp3) is 0.333. The molecule has 5 nitrogen and oxygen atoms in total. The van der Waals surface area contributed by atoms with E-state index in [9.17, 15) is 13.6 Å². The van der Waals surface area contributed by atoms with Crippen LogP contribution in [0.15, 0.2) is 34.5 Å². The van der Waals surface area contributed by atoms with Crippen LogP contribution in [0, 0.1) is 11.6 Å². The van der Waals surface area contributed by atoms with Crippen molar-refractivity contribution in [2.75, 3.05) is 21.3 Å². The summed E-state index contributed by atoms with van der Waals surface area (Å²) in [6, 6.07) is 2.82. The quantitative estimate of drug-likeness (QED) is 0.787. The molecule has 0 amide bonds. The van der Waals surface area contributed by atoms with Gasteiger partial charge in [0.25, 0.3) is 6.02 Å². The van der Waals surface area contributed by atoms with Gasteiger partial charge in [0.15, 0.2) is 11.6 Å². The number of carbonyl (C=O) groups is 1. The highest BCUT2D eigenvalue weighted by atomic mass is 19.2. The fourth-order valence-electron chi connectivity index (χ4n) is 2.27. The maximum absolute atomic E-state index is 13.5.